The van der Waals surface area contributed by atoms with E-state index < -0.39 is 17.5 Å². The van der Waals surface area contributed by atoms with Crippen LogP contribution in [0.5, 0.6) is 5.75 Å². The summed E-state index contributed by atoms with van der Waals surface area (Å²) in [7, 11) is 0. The Morgan fingerprint density at radius 2 is 2.11 bits per heavy atom. The number of nitrogens with one attached hydrogen (secondary N) is 1. The number of hydrogen-bond donors (Lipinski definition) is 1. The van der Waals surface area contributed by atoms with E-state index in [1.807, 2.05) is 25.1 Å². The molecule has 1 atom stereocenters. The molecule has 1 unspecified atom stereocenters. The number of piperidine rings is 1. The number of likely N-dealkylation sites (tertiary alicyclic amines) is 1. The number of amides is 1. The first-order valence-electron chi connectivity index (χ1n) is 9.44. The van der Waals surface area contributed by atoms with Crippen molar-refractivity contribution in [2.24, 2.45) is 11.3 Å². The number of carbonyl (C=O) groups excluding carboxylic acids is 1. The summed E-state index contributed by atoms with van der Waals surface area (Å²) in [5.74, 6) is -0.805. The molecule has 2 aliphatic rings. The van der Waals surface area contributed by atoms with Gasteiger partial charge in [0.1, 0.15) is 11.4 Å². The maximum Gasteiger partial charge on any atom is 0.392 e. The molecule has 1 spiro atoms. The number of benzene rings is 1. The van der Waals surface area contributed by atoms with Crippen LogP contribution in [0.1, 0.15) is 43.1 Å². The summed E-state index contributed by atoms with van der Waals surface area (Å²) < 4.78 is 45.8. The van der Waals surface area contributed by atoms with Gasteiger partial charge in [-0.25, -0.2) is 0 Å². The molecule has 1 amide bonds. The van der Waals surface area contributed by atoms with E-state index in [-0.39, 0.29) is 25.4 Å². The van der Waals surface area contributed by atoms with E-state index in [0.29, 0.717) is 30.9 Å². The molecule has 27 heavy (non-hydrogen) atoms. The first kappa shape index (κ1) is 18.2. The number of hydrogen-bond acceptors (Lipinski definition) is 2. The highest BCUT2D eigenvalue weighted by molar-refractivity contribution is 5.98. The van der Waals surface area contributed by atoms with Crippen molar-refractivity contribution in [1.29, 1.82) is 0 Å². The summed E-state index contributed by atoms with van der Waals surface area (Å²) in [6.07, 6.45) is -2.30. The number of aromatic amines is 1. The van der Waals surface area contributed by atoms with Gasteiger partial charge in [0, 0.05) is 30.1 Å². The normalized spacial score (nSPS) is 22.1. The highest BCUT2D eigenvalue weighted by atomic mass is 19.4. The second-order valence-electron chi connectivity index (χ2n) is 7.69. The summed E-state index contributed by atoms with van der Waals surface area (Å²) in [6.45, 7) is 2.78. The van der Waals surface area contributed by atoms with Gasteiger partial charge in [-0.05, 0) is 49.8 Å². The van der Waals surface area contributed by atoms with Crippen molar-refractivity contribution in [3.63, 3.8) is 0 Å². The molecule has 1 N–H and O–H groups in total. The van der Waals surface area contributed by atoms with Gasteiger partial charge in [0.15, 0.2) is 0 Å². The second kappa shape index (κ2) is 6.46. The monoisotopic (exact) mass is 380 g/mol. The molecule has 146 valence electrons. The average molecular weight is 380 g/mol. The van der Waals surface area contributed by atoms with Crippen LogP contribution in [0.15, 0.2) is 24.3 Å². The smallest absolute Gasteiger partial charge is 0.392 e. The highest BCUT2D eigenvalue weighted by Crippen LogP contribution is 2.56. The predicted molar refractivity (Wildman–Crippen MR) is 95.8 cm³/mol. The molecule has 1 aliphatic heterocycles. The number of halogens is 3. The van der Waals surface area contributed by atoms with Gasteiger partial charge in [-0.3, -0.25) is 4.79 Å². The second-order valence-corrected chi connectivity index (χ2v) is 7.69. The number of rotatable bonds is 3. The van der Waals surface area contributed by atoms with E-state index in [1.54, 1.807) is 11.0 Å². The zero-order chi connectivity index (χ0) is 19.2. The molecule has 2 fully saturated rings. The maximum absolute atomic E-state index is 13.4. The molecule has 1 saturated heterocycles. The number of H-pyrrole nitrogens is 1. The number of nitrogens with zero attached hydrogens (tertiary/aromatic N) is 1. The topological polar surface area (TPSA) is 45.3 Å². The van der Waals surface area contributed by atoms with E-state index in [0.717, 1.165) is 17.3 Å². The fourth-order valence-corrected chi connectivity index (χ4v) is 4.63. The van der Waals surface area contributed by atoms with Gasteiger partial charge in [0.25, 0.3) is 5.91 Å². The lowest BCUT2D eigenvalue weighted by Gasteiger charge is -2.54. The van der Waals surface area contributed by atoms with Crippen LogP contribution in [0, 0.1) is 11.3 Å². The molecule has 4 rings (SSSR count). The summed E-state index contributed by atoms with van der Waals surface area (Å²) in [6, 6.07) is 7.30. The van der Waals surface area contributed by atoms with Crippen molar-refractivity contribution in [3.05, 3.63) is 30.0 Å². The molecule has 0 bridgehead atoms. The molecule has 4 nitrogen and oxygen atoms in total. The average Bonchev–Trinajstić information content (AvgIpc) is 3.02. The molecular formula is C20H23F3N2O2. The molecule has 2 heterocycles. The van der Waals surface area contributed by atoms with Gasteiger partial charge in [0.05, 0.1) is 12.5 Å². The standard InChI is InChI=1S/C20H23F3N2O2/c1-2-27-14-5-4-13-10-16(24-15(13)11-14)18(26)25-9-6-17(20(21,22)23)19(12-25)7-3-8-19/h4-5,10-11,17,24H,2-3,6-9,12H2,1H3. The van der Waals surface area contributed by atoms with Crippen molar-refractivity contribution in [1.82, 2.24) is 9.88 Å². The molecule has 1 aromatic carbocycles. The minimum atomic E-state index is -4.19. The summed E-state index contributed by atoms with van der Waals surface area (Å²) in [4.78, 5) is 17.6. The molecule has 2 aromatic rings. The Balaban J connectivity index is 1.55. The third kappa shape index (κ3) is 3.17. The van der Waals surface area contributed by atoms with Crippen LogP contribution in [0.25, 0.3) is 10.9 Å². The van der Waals surface area contributed by atoms with Crippen LogP contribution in [-0.4, -0.2) is 41.7 Å². The molecule has 1 aliphatic carbocycles. The first-order valence-corrected chi connectivity index (χ1v) is 9.44. The lowest BCUT2D eigenvalue weighted by atomic mass is 9.58. The molecular weight excluding hydrogens is 357 g/mol. The Morgan fingerprint density at radius 3 is 2.74 bits per heavy atom. The number of fused-ring (bicyclic) bond motifs is 1. The van der Waals surface area contributed by atoms with Crippen LogP contribution < -0.4 is 4.74 Å². The Bertz CT molecular complexity index is 855. The van der Waals surface area contributed by atoms with E-state index >= 15 is 0 Å². The highest BCUT2D eigenvalue weighted by Gasteiger charge is 2.58. The third-order valence-electron chi connectivity index (χ3n) is 6.10. The number of aromatic nitrogens is 1. The van der Waals surface area contributed by atoms with Crippen molar-refractivity contribution < 1.29 is 22.7 Å². The van der Waals surface area contributed by atoms with E-state index in [9.17, 15) is 18.0 Å². The molecule has 0 radical (unpaired) electrons. The predicted octanol–water partition coefficient (Wildman–Crippen LogP) is 4.76. The molecule has 7 heteroatoms. The van der Waals surface area contributed by atoms with E-state index in [4.69, 9.17) is 4.74 Å². The van der Waals surface area contributed by atoms with Crippen LogP contribution >= 0.6 is 0 Å². The lowest BCUT2D eigenvalue weighted by molar-refractivity contribution is -0.235. The van der Waals surface area contributed by atoms with E-state index in [1.165, 1.54) is 0 Å². The van der Waals surface area contributed by atoms with Crippen molar-refractivity contribution in [2.45, 2.75) is 38.8 Å². The van der Waals surface area contributed by atoms with Gasteiger partial charge in [0.2, 0.25) is 0 Å². The summed E-state index contributed by atoms with van der Waals surface area (Å²) in [5, 5.41) is 0.880. The van der Waals surface area contributed by atoms with Crippen LogP contribution in [-0.2, 0) is 0 Å². The first-order chi connectivity index (χ1) is 12.8. The maximum atomic E-state index is 13.4. The van der Waals surface area contributed by atoms with Crippen LogP contribution in [0.2, 0.25) is 0 Å². The van der Waals surface area contributed by atoms with Crippen LogP contribution in [0.3, 0.4) is 0 Å². The van der Waals surface area contributed by atoms with Crippen molar-refractivity contribution in [3.8, 4) is 5.75 Å². The minimum absolute atomic E-state index is 0.00996. The largest absolute Gasteiger partial charge is 0.494 e. The Morgan fingerprint density at radius 1 is 1.33 bits per heavy atom. The van der Waals surface area contributed by atoms with Crippen molar-refractivity contribution >= 4 is 16.8 Å². The lowest BCUT2D eigenvalue weighted by Crippen LogP contribution is -2.57. The van der Waals surface area contributed by atoms with Gasteiger partial charge >= 0.3 is 6.18 Å². The number of ether oxygens (including phenoxy) is 1. The fraction of sp³-hybridized carbons (Fsp3) is 0.550. The number of alkyl halides is 3. The van der Waals surface area contributed by atoms with E-state index in [2.05, 4.69) is 4.98 Å². The third-order valence-corrected chi connectivity index (χ3v) is 6.10. The number of carbonyl (C=O) groups is 1. The van der Waals surface area contributed by atoms with Crippen LogP contribution in [0.4, 0.5) is 13.2 Å². The fourth-order valence-electron chi connectivity index (χ4n) is 4.63. The zero-order valence-corrected chi connectivity index (χ0v) is 15.2. The summed E-state index contributed by atoms with van der Waals surface area (Å²) >= 11 is 0. The minimum Gasteiger partial charge on any atom is -0.494 e. The van der Waals surface area contributed by atoms with Gasteiger partial charge < -0.3 is 14.6 Å². The molecule has 1 saturated carbocycles. The molecule has 1 aromatic heterocycles. The van der Waals surface area contributed by atoms with Gasteiger partial charge in [-0.1, -0.05) is 6.42 Å². The Kier molecular flexibility index (Phi) is 4.35. The van der Waals surface area contributed by atoms with Gasteiger partial charge in [-0.2, -0.15) is 13.2 Å². The zero-order valence-electron chi connectivity index (χ0n) is 15.2. The SMILES string of the molecule is CCOc1ccc2cc(C(=O)N3CCC(C(F)(F)F)C4(CCC4)C3)[nH]c2c1. The van der Waals surface area contributed by atoms with Crippen molar-refractivity contribution in [2.75, 3.05) is 19.7 Å². The quantitative estimate of drug-likeness (QED) is 0.834. The Labute approximate surface area is 155 Å². The summed E-state index contributed by atoms with van der Waals surface area (Å²) in [5.41, 5.74) is 0.409. The van der Waals surface area contributed by atoms with Gasteiger partial charge in [-0.15, -0.1) is 0 Å². The Hall–Kier alpha value is -2.18.